The first kappa shape index (κ1) is 36.0. The van der Waals surface area contributed by atoms with E-state index in [1.54, 1.807) is 0 Å². The minimum Gasteiger partial charge on any atom is -0.309 e. The number of aromatic nitrogens is 5. The third-order valence-electron chi connectivity index (χ3n) is 12.7. The molecule has 0 unspecified atom stereocenters. The van der Waals surface area contributed by atoms with Gasteiger partial charge in [0, 0.05) is 49.3 Å². The molecular weight excluding hydrogens is 779 g/mol. The monoisotopic (exact) mass is 815 g/mol. The van der Waals surface area contributed by atoms with E-state index < -0.39 is 0 Å². The van der Waals surface area contributed by atoms with Crippen molar-refractivity contribution in [3.8, 4) is 56.7 Å². The molecule has 298 valence electrons. The smallest absolute Gasteiger partial charge is 0.164 e. The highest BCUT2D eigenvalue weighted by Gasteiger charge is 2.21. The van der Waals surface area contributed by atoms with Gasteiger partial charge in [0.25, 0.3) is 0 Å². The van der Waals surface area contributed by atoms with Gasteiger partial charge < -0.3 is 9.13 Å². The largest absolute Gasteiger partial charge is 0.309 e. The van der Waals surface area contributed by atoms with Crippen LogP contribution >= 0.6 is 0 Å². The van der Waals surface area contributed by atoms with Crippen LogP contribution in [0.15, 0.2) is 224 Å². The average molecular weight is 816 g/mol. The zero-order chi connectivity index (χ0) is 42.1. The van der Waals surface area contributed by atoms with Crippen LogP contribution in [0, 0.1) is 0 Å². The van der Waals surface area contributed by atoms with Crippen molar-refractivity contribution in [1.29, 1.82) is 0 Å². The summed E-state index contributed by atoms with van der Waals surface area (Å²) in [6.07, 6.45) is 0. The molecule has 0 aliphatic rings. The number of benzene rings is 10. The molecule has 10 aromatic carbocycles. The maximum Gasteiger partial charge on any atom is 0.164 e. The zero-order valence-electron chi connectivity index (χ0n) is 34.6. The lowest BCUT2D eigenvalue weighted by molar-refractivity contribution is 1.07. The van der Waals surface area contributed by atoms with Crippen molar-refractivity contribution in [2.45, 2.75) is 0 Å². The lowest BCUT2D eigenvalue weighted by Gasteiger charge is -2.14. The number of nitrogens with zero attached hydrogens (tertiary/aromatic N) is 5. The summed E-state index contributed by atoms with van der Waals surface area (Å²) in [7, 11) is 0. The van der Waals surface area contributed by atoms with Crippen molar-refractivity contribution in [3.63, 3.8) is 0 Å². The SMILES string of the molecule is c1ccc(-c2ccc(-c3nc(-c4ccccc4)nc(-c4ccc5c(-n6c7ccccc7c7cc8c9cc%10ccccc%10cc9n(-c9ccccc9)c8cc76)cccc5c4)n3)cc2)cc1. The van der Waals surface area contributed by atoms with Gasteiger partial charge in [-0.1, -0.05) is 170 Å². The highest BCUT2D eigenvalue weighted by Crippen LogP contribution is 2.42. The van der Waals surface area contributed by atoms with Crippen LogP contribution in [0.1, 0.15) is 0 Å². The summed E-state index contributed by atoms with van der Waals surface area (Å²) >= 11 is 0. The Morgan fingerprint density at radius 2 is 0.750 bits per heavy atom. The molecule has 0 spiro atoms. The minimum absolute atomic E-state index is 0.629. The first-order valence-electron chi connectivity index (χ1n) is 21.7. The van der Waals surface area contributed by atoms with Crippen molar-refractivity contribution in [2.24, 2.45) is 0 Å². The van der Waals surface area contributed by atoms with Gasteiger partial charge in [0.1, 0.15) is 0 Å². The van der Waals surface area contributed by atoms with Crippen LogP contribution < -0.4 is 0 Å². The molecule has 5 heteroatoms. The molecule has 0 N–H and O–H groups in total. The molecule has 0 fully saturated rings. The molecule has 13 aromatic rings. The summed E-state index contributed by atoms with van der Waals surface area (Å²) in [6.45, 7) is 0. The fourth-order valence-electron chi connectivity index (χ4n) is 9.67. The lowest BCUT2D eigenvalue weighted by Crippen LogP contribution is -2.00. The molecule has 3 aromatic heterocycles. The first-order valence-corrected chi connectivity index (χ1v) is 21.7. The number of hydrogen-bond donors (Lipinski definition) is 0. The molecule has 0 aliphatic heterocycles. The second-order valence-corrected chi connectivity index (χ2v) is 16.5. The molecule has 0 atom stereocenters. The zero-order valence-corrected chi connectivity index (χ0v) is 34.6. The molecular formula is C59H37N5. The van der Waals surface area contributed by atoms with E-state index in [4.69, 9.17) is 15.0 Å². The van der Waals surface area contributed by atoms with Crippen molar-refractivity contribution >= 4 is 65.2 Å². The Balaban J connectivity index is 0.995. The number of para-hydroxylation sites is 2. The van der Waals surface area contributed by atoms with Crippen molar-refractivity contribution in [3.05, 3.63) is 224 Å². The van der Waals surface area contributed by atoms with Gasteiger partial charge in [-0.2, -0.15) is 0 Å². The Labute approximate surface area is 368 Å². The Bertz CT molecular complexity index is 3930. The third-order valence-corrected chi connectivity index (χ3v) is 12.7. The summed E-state index contributed by atoms with van der Waals surface area (Å²) in [4.78, 5) is 15.2. The number of hydrogen-bond acceptors (Lipinski definition) is 3. The lowest BCUT2D eigenvalue weighted by atomic mass is 10.0. The van der Waals surface area contributed by atoms with E-state index in [0.717, 1.165) is 55.4 Å². The van der Waals surface area contributed by atoms with Crippen LogP contribution in [0.3, 0.4) is 0 Å². The normalized spacial score (nSPS) is 11.8. The third kappa shape index (κ3) is 5.83. The standard InChI is InChI=1S/C59H37N5/c1-4-15-38(16-5-1)39-27-29-41(30-28-39)58-60-57(40-17-6-2-7-18-40)61-59(62-58)45-31-32-47-44(33-45)21-14-26-52(47)64-53-25-13-12-24-48(53)50-36-51-49-34-42-19-10-11-20-43(42)35-54(49)63(55(51)37-56(50)64)46-22-8-3-9-23-46/h1-37H. The molecule has 13 rings (SSSR count). The van der Waals surface area contributed by atoms with Gasteiger partial charge in [-0.3, -0.25) is 0 Å². The Kier molecular flexibility index (Phi) is 8.15. The van der Waals surface area contributed by atoms with E-state index in [1.807, 2.05) is 24.3 Å². The Morgan fingerprint density at radius 3 is 1.50 bits per heavy atom. The van der Waals surface area contributed by atoms with Crippen molar-refractivity contribution < 1.29 is 0 Å². The van der Waals surface area contributed by atoms with E-state index in [2.05, 4.69) is 209 Å². The predicted molar refractivity (Wildman–Crippen MR) is 265 cm³/mol. The van der Waals surface area contributed by atoms with E-state index in [1.165, 1.54) is 48.9 Å². The molecule has 0 saturated carbocycles. The quantitative estimate of drug-likeness (QED) is 0.168. The molecule has 5 nitrogen and oxygen atoms in total. The molecule has 0 amide bonds. The summed E-state index contributed by atoms with van der Waals surface area (Å²) in [6, 6.07) is 80.0. The maximum absolute atomic E-state index is 5.13. The van der Waals surface area contributed by atoms with E-state index in [9.17, 15) is 0 Å². The van der Waals surface area contributed by atoms with Gasteiger partial charge in [0.15, 0.2) is 17.5 Å². The van der Waals surface area contributed by atoms with Gasteiger partial charge in [-0.05, 0) is 81.9 Å². The van der Waals surface area contributed by atoms with Crippen LogP contribution in [0.25, 0.3) is 122 Å². The second-order valence-electron chi connectivity index (χ2n) is 16.5. The molecule has 0 bridgehead atoms. The van der Waals surface area contributed by atoms with Crippen LogP contribution in [-0.4, -0.2) is 24.1 Å². The maximum atomic E-state index is 5.13. The second kappa shape index (κ2) is 14.5. The van der Waals surface area contributed by atoms with Crippen LogP contribution in [0.2, 0.25) is 0 Å². The molecule has 3 heterocycles. The van der Waals surface area contributed by atoms with Gasteiger partial charge in [0.2, 0.25) is 0 Å². The van der Waals surface area contributed by atoms with Crippen molar-refractivity contribution in [1.82, 2.24) is 24.1 Å². The van der Waals surface area contributed by atoms with Gasteiger partial charge in [-0.25, -0.2) is 15.0 Å². The summed E-state index contributed by atoms with van der Waals surface area (Å²) in [5, 5.41) is 9.63. The highest BCUT2D eigenvalue weighted by atomic mass is 15.0. The van der Waals surface area contributed by atoms with E-state index in [-0.39, 0.29) is 0 Å². The molecule has 0 radical (unpaired) electrons. The summed E-state index contributed by atoms with van der Waals surface area (Å²) < 4.78 is 4.88. The summed E-state index contributed by atoms with van der Waals surface area (Å²) in [5.74, 6) is 1.90. The van der Waals surface area contributed by atoms with E-state index >= 15 is 0 Å². The molecule has 0 saturated heterocycles. The number of rotatable bonds is 6. The topological polar surface area (TPSA) is 48.5 Å². The first-order chi connectivity index (χ1) is 31.7. The number of fused-ring (bicyclic) bond motifs is 8. The summed E-state index contributed by atoms with van der Waals surface area (Å²) in [5.41, 5.74) is 12.1. The predicted octanol–water partition coefficient (Wildman–Crippen LogP) is 15.0. The molecule has 64 heavy (non-hydrogen) atoms. The minimum atomic E-state index is 0.629. The van der Waals surface area contributed by atoms with E-state index in [0.29, 0.717) is 17.5 Å². The van der Waals surface area contributed by atoms with Gasteiger partial charge in [-0.15, -0.1) is 0 Å². The fraction of sp³-hybridized carbons (Fsp3) is 0. The highest BCUT2D eigenvalue weighted by molar-refractivity contribution is 6.21. The van der Waals surface area contributed by atoms with Gasteiger partial charge >= 0.3 is 0 Å². The Hall–Kier alpha value is -8.67. The van der Waals surface area contributed by atoms with Crippen molar-refractivity contribution in [2.75, 3.05) is 0 Å². The van der Waals surface area contributed by atoms with Crippen LogP contribution in [0.4, 0.5) is 0 Å². The average Bonchev–Trinajstić information content (AvgIpc) is 3.86. The van der Waals surface area contributed by atoms with Crippen LogP contribution in [0.5, 0.6) is 0 Å². The Morgan fingerprint density at radius 1 is 0.250 bits per heavy atom. The van der Waals surface area contributed by atoms with Crippen LogP contribution in [-0.2, 0) is 0 Å². The fourth-order valence-corrected chi connectivity index (χ4v) is 9.67. The molecule has 0 aliphatic carbocycles. The van der Waals surface area contributed by atoms with Gasteiger partial charge in [0.05, 0.1) is 27.8 Å².